The number of allylic oxidation sites excluding steroid dienone is 6. The van der Waals surface area contributed by atoms with Crippen molar-refractivity contribution < 1.29 is 0 Å². The van der Waals surface area contributed by atoms with Crippen LogP contribution in [-0.2, 0) is 0 Å². The first-order chi connectivity index (χ1) is 6.77. The van der Waals surface area contributed by atoms with Gasteiger partial charge in [0.2, 0.25) is 0 Å². The zero-order chi connectivity index (χ0) is 9.97. The summed E-state index contributed by atoms with van der Waals surface area (Å²) in [6.45, 7) is 1.97. The molecule has 0 spiro atoms. The van der Waals surface area contributed by atoms with E-state index in [0.717, 1.165) is 27.7 Å². The quantitative estimate of drug-likeness (QED) is 0.764. The van der Waals surface area contributed by atoms with Crippen molar-refractivity contribution in [3.8, 4) is 0 Å². The van der Waals surface area contributed by atoms with Crippen molar-refractivity contribution in [1.82, 2.24) is 4.98 Å². The van der Waals surface area contributed by atoms with E-state index in [1.54, 1.807) is 0 Å². The molecular weight excluding hydrogens is 192 g/mol. The molecule has 1 aliphatic rings. The summed E-state index contributed by atoms with van der Waals surface area (Å²) >= 11 is 1.54. The highest BCUT2D eigenvalue weighted by Crippen LogP contribution is 2.28. The van der Waals surface area contributed by atoms with Crippen LogP contribution in [0.15, 0.2) is 30.4 Å². The number of nitrogen functional groups attached to an aromatic ring is 1. The summed E-state index contributed by atoms with van der Waals surface area (Å²) in [5, 5.41) is 1.81. The molecule has 0 aliphatic heterocycles. The molecule has 0 unspecified atom stereocenters. The van der Waals surface area contributed by atoms with Crippen molar-refractivity contribution in [2.75, 3.05) is 5.73 Å². The maximum Gasteiger partial charge on any atom is 0.114 e. The van der Waals surface area contributed by atoms with E-state index in [-0.39, 0.29) is 0 Å². The summed E-state index contributed by atoms with van der Waals surface area (Å²) in [7, 11) is 0. The molecule has 2 nitrogen and oxygen atoms in total. The van der Waals surface area contributed by atoms with E-state index in [1.807, 2.05) is 19.1 Å². The van der Waals surface area contributed by atoms with Crippen LogP contribution in [-0.4, -0.2) is 4.98 Å². The standard InChI is InChI=1S/C11H12N2S/c1-8-13-10(11(12)14-8)9-6-4-2-3-5-7-9/h2,4-7H,3,12H2,1H3. The fourth-order valence-corrected chi connectivity index (χ4v) is 2.10. The van der Waals surface area contributed by atoms with Crippen LogP contribution in [0.4, 0.5) is 5.00 Å². The number of nitrogens with zero attached hydrogens (tertiary/aromatic N) is 1. The maximum absolute atomic E-state index is 5.88. The van der Waals surface area contributed by atoms with Gasteiger partial charge in [-0.3, -0.25) is 0 Å². The molecule has 1 aromatic rings. The highest BCUT2D eigenvalue weighted by molar-refractivity contribution is 7.15. The summed E-state index contributed by atoms with van der Waals surface area (Å²) in [4.78, 5) is 4.42. The minimum absolute atomic E-state index is 0.800. The number of rotatable bonds is 1. The van der Waals surface area contributed by atoms with Gasteiger partial charge in [-0.25, -0.2) is 4.98 Å². The Morgan fingerprint density at radius 2 is 2.29 bits per heavy atom. The third-order valence-corrected chi connectivity index (χ3v) is 2.82. The summed E-state index contributed by atoms with van der Waals surface area (Å²) < 4.78 is 0. The van der Waals surface area contributed by atoms with E-state index in [1.165, 1.54) is 11.3 Å². The molecule has 0 bridgehead atoms. The van der Waals surface area contributed by atoms with E-state index < -0.39 is 0 Å². The fraction of sp³-hybridized carbons (Fsp3) is 0.182. The molecule has 0 radical (unpaired) electrons. The van der Waals surface area contributed by atoms with Crippen LogP contribution in [0, 0.1) is 6.92 Å². The summed E-state index contributed by atoms with van der Waals surface area (Å²) in [6.07, 6.45) is 11.4. The van der Waals surface area contributed by atoms with E-state index in [0.29, 0.717) is 0 Å². The van der Waals surface area contributed by atoms with E-state index >= 15 is 0 Å². The van der Waals surface area contributed by atoms with Crippen LogP contribution in [0.5, 0.6) is 0 Å². The first kappa shape index (κ1) is 9.21. The van der Waals surface area contributed by atoms with Crippen molar-refractivity contribution in [3.63, 3.8) is 0 Å². The second-order valence-corrected chi connectivity index (χ2v) is 4.37. The molecule has 1 aliphatic carbocycles. The average Bonchev–Trinajstić information content (AvgIpc) is 2.43. The summed E-state index contributed by atoms with van der Waals surface area (Å²) in [5.41, 5.74) is 7.89. The van der Waals surface area contributed by atoms with Crippen molar-refractivity contribution in [2.45, 2.75) is 13.3 Å². The van der Waals surface area contributed by atoms with Crippen LogP contribution >= 0.6 is 11.3 Å². The Hall–Kier alpha value is -1.35. The topological polar surface area (TPSA) is 38.9 Å². The lowest BCUT2D eigenvalue weighted by atomic mass is 10.2. The largest absolute Gasteiger partial charge is 0.389 e. The minimum Gasteiger partial charge on any atom is -0.389 e. The maximum atomic E-state index is 5.88. The van der Waals surface area contributed by atoms with Gasteiger partial charge < -0.3 is 5.73 Å². The van der Waals surface area contributed by atoms with E-state index in [2.05, 4.69) is 23.2 Å². The molecular formula is C11H12N2S. The van der Waals surface area contributed by atoms with Crippen LogP contribution in [0.3, 0.4) is 0 Å². The second kappa shape index (κ2) is 3.80. The Morgan fingerprint density at radius 3 is 3.00 bits per heavy atom. The lowest BCUT2D eigenvalue weighted by molar-refractivity contribution is 1.26. The van der Waals surface area contributed by atoms with Gasteiger partial charge in [0.25, 0.3) is 0 Å². The SMILES string of the molecule is Cc1nc(C2=CC=CCC=C2)c(N)s1. The van der Waals surface area contributed by atoms with Crippen LogP contribution < -0.4 is 5.73 Å². The normalized spacial score (nSPS) is 15.4. The van der Waals surface area contributed by atoms with Crippen molar-refractivity contribution in [2.24, 2.45) is 0 Å². The Bertz CT molecular complexity index is 424. The van der Waals surface area contributed by atoms with Gasteiger partial charge in [0.15, 0.2) is 0 Å². The molecule has 2 rings (SSSR count). The summed E-state index contributed by atoms with van der Waals surface area (Å²) in [5.74, 6) is 0. The van der Waals surface area contributed by atoms with Gasteiger partial charge in [-0.2, -0.15) is 0 Å². The molecule has 0 saturated carbocycles. The van der Waals surface area contributed by atoms with Gasteiger partial charge in [0.1, 0.15) is 10.7 Å². The second-order valence-electron chi connectivity index (χ2n) is 3.13. The number of hydrogen-bond donors (Lipinski definition) is 1. The lowest BCUT2D eigenvalue weighted by Crippen LogP contribution is -1.88. The molecule has 2 N–H and O–H groups in total. The zero-order valence-electron chi connectivity index (χ0n) is 8.03. The van der Waals surface area contributed by atoms with E-state index in [4.69, 9.17) is 5.73 Å². The van der Waals surface area contributed by atoms with Gasteiger partial charge in [-0.1, -0.05) is 30.4 Å². The van der Waals surface area contributed by atoms with Crippen molar-refractivity contribution in [1.29, 1.82) is 0 Å². The Labute approximate surface area is 87.5 Å². The number of aryl methyl sites for hydroxylation is 1. The van der Waals surface area contributed by atoms with Gasteiger partial charge in [0.05, 0.1) is 5.01 Å². The minimum atomic E-state index is 0.800. The Balaban J connectivity index is 2.43. The number of hydrogen-bond acceptors (Lipinski definition) is 3. The number of nitrogens with two attached hydrogens (primary N) is 1. The molecule has 1 aromatic heterocycles. The van der Waals surface area contributed by atoms with Crippen molar-refractivity contribution >= 4 is 21.9 Å². The number of anilines is 1. The molecule has 0 aromatic carbocycles. The highest BCUT2D eigenvalue weighted by atomic mass is 32.1. The highest BCUT2D eigenvalue weighted by Gasteiger charge is 2.08. The Kier molecular flexibility index (Phi) is 2.50. The van der Waals surface area contributed by atoms with Crippen LogP contribution in [0.2, 0.25) is 0 Å². The molecule has 0 amide bonds. The van der Waals surface area contributed by atoms with Gasteiger partial charge in [-0.15, -0.1) is 11.3 Å². The Morgan fingerprint density at radius 1 is 1.43 bits per heavy atom. The molecule has 14 heavy (non-hydrogen) atoms. The van der Waals surface area contributed by atoms with E-state index in [9.17, 15) is 0 Å². The van der Waals surface area contributed by atoms with Gasteiger partial charge in [0, 0.05) is 5.57 Å². The molecule has 0 saturated heterocycles. The summed E-state index contributed by atoms with van der Waals surface area (Å²) in [6, 6.07) is 0. The third kappa shape index (κ3) is 1.77. The number of thiazole rings is 1. The first-order valence-corrected chi connectivity index (χ1v) is 5.35. The van der Waals surface area contributed by atoms with Gasteiger partial charge in [-0.05, 0) is 13.3 Å². The molecule has 1 heterocycles. The fourth-order valence-electron chi connectivity index (χ4n) is 1.39. The molecule has 72 valence electrons. The third-order valence-electron chi connectivity index (χ3n) is 2.02. The molecule has 3 heteroatoms. The predicted molar refractivity (Wildman–Crippen MR) is 62.1 cm³/mol. The van der Waals surface area contributed by atoms with Crippen molar-refractivity contribution in [3.05, 3.63) is 41.1 Å². The van der Waals surface area contributed by atoms with Gasteiger partial charge >= 0.3 is 0 Å². The average molecular weight is 204 g/mol. The van der Waals surface area contributed by atoms with Crippen LogP contribution in [0.1, 0.15) is 17.1 Å². The molecule has 0 atom stereocenters. The van der Waals surface area contributed by atoms with Crippen LogP contribution in [0.25, 0.3) is 5.57 Å². The monoisotopic (exact) mass is 204 g/mol. The predicted octanol–water partition coefficient (Wildman–Crippen LogP) is 2.93. The number of aromatic nitrogens is 1. The zero-order valence-corrected chi connectivity index (χ0v) is 8.84. The smallest absolute Gasteiger partial charge is 0.114 e. The lowest BCUT2D eigenvalue weighted by Gasteiger charge is -1.96. The first-order valence-electron chi connectivity index (χ1n) is 4.54. The molecule has 0 fully saturated rings.